The van der Waals surface area contributed by atoms with Crippen LogP contribution in [0.25, 0.3) is 11.5 Å². The molecule has 4 rings (SSSR count). The van der Waals surface area contributed by atoms with Gasteiger partial charge in [0.1, 0.15) is 11.4 Å². The molecule has 142 valence electrons. The fraction of sp³-hybridized carbons (Fsp3) is 0.238. The van der Waals surface area contributed by atoms with E-state index in [9.17, 15) is 9.59 Å². The van der Waals surface area contributed by atoms with Gasteiger partial charge in [-0.15, -0.1) is 0 Å². The average Bonchev–Trinajstić information content (AvgIpc) is 2.71. The number of para-hydroxylation sites is 1. The van der Waals surface area contributed by atoms with Crippen LogP contribution in [0, 0.1) is 6.92 Å². The van der Waals surface area contributed by atoms with Gasteiger partial charge in [-0.3, -0.25) is 14.6 Å². The van der Waals surface area contributed by atoms with Crippen molar-refractivity contribution in [2.45, 2.75) is 25.8 Å². The molecular weight excluding hydrogens is 356 g/mol. The molecule has 28 heavy (non-hydrogen) atoms. The van der Waals surface area contributed by atoms with E-state index >= 15 is 0 Å². The summed E-state index contributed by atoms with van der Waals surface area (Å²) in [5.41, 5.74) is 2.09. The Balaban J connectivity index is 1.52. The van der Waals surface area contributed by atoms with Crippen molar-refractivity contribution in [3.8, 4) is 17.3 Å². The average molecular weight is 376 g/mol. The third kappa shape index (κ3) is 3.64. The number of hydrogen-bond donors (Lipinski definition) is 2. The van der Waals surface area contributed by atoms with Crippen LogP contribution in [-0.2, 0) is 11.2 Å². The number of amides is 1. The summed E-state index contributed by atoms with van der Waals surface area (Å²) in [7, 11) is 0. The number of rotatable bonds is 4. The third-order valence-electron chi connectivity index (χ3n) is 4.76. The number of carbonyl (C=O) groups is 1. The van der Waals surface area contributed by atoms with Gasteiger partial charge >= 0.3 is 0 Å². The molecule has 1 atom stereocenters. The second kappa shape index (κ2) is 7.64. The molecule has 2 N–H and O–H groups in total. The van der Waals surface area contributed by atoms with E-state index in [1.54, 1.807) is 25.3 Å². The number of nitrogens with zero attached hydrogens (tertiary/aromatic N) is 2. The molecule has 0 aliphatic carbocycles. The lowest BCUT2D eigenvalue weighted by Crippen LogP contribution is -2.34. The standard InChI is InChI=1S/C21H20N4O3/c1-13-15(21(27)25-20(23-13)17-7-4-5-10-22-17)12-19(26)24-16-9-11-28-18-8-3-2-6-14(16)18/h2-8,10,16H,9,11-12H2,1H3,(H,24,26)(H,23,25,27)/t16-/m1/s1. The number of fused-ring (bicyclic) bond motifs is 1. The molecule has 1 aliphatic heterocycles. The number of aromatic amines is 1. The minimum atomic E-state index is -0.323. The first kappa shape index (κ1) is 17.9. The highest BCUT2D eigenvalue weighted by Crippen LogP contribution is 2.31. The van der Waals surface area contributed by atoms with Crippen molar-refractivity contribution in [1.82, 2.24) is 20.3 Å². The fourth-order valence-corrected chi connectivity index (χ4v) is 3.34. The number of carbonyl (C=O) groups excluding carboxylic acids is 1. The zero-order valence-corrected chi connectivity index (χ0v) is 15.4. The maximum Gasteiger partial charge on any atom is 0.255 e. The Kier molecular flexibility index (Phi) is 4.89. The third-order valence-corrected chi connectivity index (χ3v) is 4.76. The lowest BCUT2D eigenvalue weighted by atomic mass is 10.00. The quantitative estimate of drug-likeness (QED) is 0.728. The van der Waals surface area contributed by atoms with Crippen molar-refractivity contribution < 1.29 is 9.53 Å². The number of aryl methyl sites for hydroxylation is 1. The number of pyridine rings is 1. The van der Waals surface area contributed by atoms with Gasteiger partial charge in [0.2, 0.25) is 5.91 Å². The molecule has 0 saturated heterocycles. The first-order valence-electron chi connectivity index (χ1n) is 9.14. The van der Waals surface area contributed by atoms with Crippen molar-refractivity contribution in [3.05, 3.63) is 75.8 Å². The van der Waals surface area contributed by atoms with Crippen LogP contribution in [0.1, 0.15) is 29.3 Å². The van der Waals surface area contributed by atoms with E-state index in [2.05, 4.69) is 20.3 Å². The molecule has 0 unspecified atom stereocenters. The minimum Gasteiger partial charge on any atom is -0.493 e. The Morgan fingerprint density at radius 1 is 1.25 bits per heavy atom. The molecule has 7 nitrogen and oxygen atoms in total. The van der Waals surface area contributed by atoms with E-state index in [4.69, 9.17) is 4.74 Å². The number of H-pyrrole nitrogens is 1. The Morgan fingerprint density at radius 2 is 2.07 bits per heavy atom. The van der Waals surface area contributed by atoms with Crippen LogP contribution in [0.15, 0.2) is 53.5 Å². The van der Waals surface area contributed by atoms with Gasteiger partial charge in [0.15, 0.2) is 5.82 Å². The molecule has 0 bridgehead atoms. The van der Waals surface area contributed by atoms with Crippen molar-refractivity contribution in [2.24, 2.45) is 0 Å². The molecule has 7 heteroatoms. The number of ether oxygens (including phenoxy) is 1. The summed E-state index contributed by atoms with van der Waals surface area (Å²) in [4.78, 5) is 36.5. The fourth-order valence-electron chi connectivity index (χ4n) is 3.34. The lowest BCUT2D eigenvalue weighted by molar-refractivity contribution is -0.121. The summed E-state index contributed by atoms with van der Waals surface area (Å²) in [6.07, 6.45) is 2.29. The molecule has 1 aliphatic rings. The largest absolute Gasteiger partial charge is 0.493 e. The van der Waals surface area contributed by atoms with Crippen LogP contribution in [0.2, 0.25) is 0 Å². The molecular formula is C21H20N4O3. The van der Waals surface area contributed by atoms with Crippen LogP contribution >= 0.6 is 0 Å². The second-order valence-corrected chi connectivity index (χ2v) is 6.67. The first-order chi connectivity index (χ1) is 13.6. The highest BCUT2D eigenvalue weighted by Gasteiger charge is 2.23. The monoisotopic (exact) mass is 376 g/mol. The van der Waals surface area contributed by atoms with E-state index in [0.29, 0.717) is 35.8 Å². The zero-order valence-electron chi connectivity index (χ0n) is 15.4. The highest BCUT2D eigenvalue weighted by atomic mass is 16.5. The SMILES string of the molecule is Cc1nc(-c2ccccn2)[nH]c(=O)c1CC(=O)N[C@@H]1CCOc2ccccc21. The van der Waals surface area contributed by atoms with E-state index < -0.39 is 0 Å². The first-order valence-corrected chi connectivity index (χ1v) is 9.14. The Labute approximate surface area is 161 Å². The van der Waals surface area contributed by atoms with Gasteiger partial charge < -0.3 is 15.0 Å². The molecule has 2 aromatic heterocycles. The predicted molar refractivity (Wildman–Crippen MR) is 104 cm³/mol. The summed E-state index contributed by atoms with van der Waals surface area (Å²) in [6.45, 7) is 2.27. The molecule has 0 saturated carbocycles. The molecule has 1 amide bonds. The zero-order chi connectivity index (χ0) is 19.5. The summed E-state index contributed by atoms with van der Waals surface area (Å²) < 4.78 is 5.62. The summed E-state index contributed by atoms with van der Waals surface area (Å²) in [5, 5.41) is 3.01. The van der Waals surface area contributed by atoms with Gasteiger partial charge in [-0.05, 0) is 25.1 Å². The Hall–Kier alpha value is -3.48. The highest BCUT2D eigenvalue weighted by molar-refractivity contribution is 5.79. The molecule has 3 aromatic rings. The Bertz CT molecular complexity index is 1060. The minimum absolute atomic E-state index is 0.0316. The molecule has 0 fully saturated rings. The van der Waals surface area contributed by atoms with Crippen LogP contribution in [0.5, 0.6) is 5.75 Å². The van der Waals surface area contributed by atoms with Crippen molar-refractivity contribution in [1.29, 1.82) is 0 Å². The Morgan fingerprint density at radius 3 is 2.86 bits per heavy atom. The molecule has 1 aromatic carbocycles. The lowest BCUT2D eigenvalue weighted by Gasteiger charge is -2.26. The molecule has 3 heterocycles. The number of benzene rings is 1. The van der Waals surface area contributed by atoms with Gasteiger partial charge in [-0.1, -0.05) is 24.3 Å². The van der Waals surface area contributed by atoms with Crippen LogP contribution in [0.4, 0.5) is 0 Å². The molecule has 0 radical (unpaired) electrons. The van der Waals surface area contributed by atoms with Crippen LogP contribution < -0.4 is 15.6 Å². The number of hydrogen-bond acceptors (Lipinski definition) is 5. The van der Waals surface area contributed by atoms with Gasteiger partial charge in [0, 0.05) is 29.4 Å². The van der Waals surface area contributed by atoms with Gasteiger partial charge in [-0.25, -0.2) is 4.98 Å². The summed E-state index contributed by atoms with van der Waals surface area (Å²) in [5.74, 6) is 0.961. The van der Waals surface area contributed by atoms with Crippen LogP contribution in [-0.4, -0.2) is 27.5 Å². The van der Waals surface area contributed by atoms with E-state index in [0.717, 1.165) is 11.3 Å². The normalized spacial score (nSPS) is 15.4. The summed E-state index contributed by atoms with van der Waals surface area (Å²) in [6, 6.07) is 12.9. The van der Waals surface area contributed by atoms with E-state index in [1.165, 1.54) is 0 Å². The van der Waals surface area contributed by atoms with Gasteiger partial charge in [0.25, 0.3) is 5.56 Å². The van der Waals surface area contributed by atoms with Crippen molar-refractivity contribution in [3.63, 3.8) is 0 Å². The maximum absolute atomic E-state index is 12.6. The number of nitrogens with one attached hydrogen (secondary N) is 2. The summed E-state index contributed by atoms with van der Waals surface area (Å²) >= 11 is 0. The topological polar surface area (TPSA) is 97.0 Å². The number of aromatic nitrogens is 3. The smallest absolute Gasteiger partial charge is 0.255 e. The molecule has 0 spiro atoms. The van der Waals surface area contributed by atoms with Gasteiger partial charge in [0.05, 0.1) is 19.1 Å². The predicted octanol–water partition coefficient (Wildman–Crippen LogP) is 2.32. The van der Waals surface area contributed by atoms with Crippen molar-refractivity contribution >= 4 is 5.91 Å². The van der Waals surface area contributed by atoms with Crippen LogP contribution in [0.3, 0.4) is 0 Å². The maximum atomic E-state index is 12.6. The van der Waals surface area contributed by atoms with Crippen molar-refractivity contribution in [2.75, 3.05) is 6.61 Å². The van der Waals surface area contributed by atoms with Gasteiger partial charge in [-0.2, -0.15) is 0 Å². The van der Waals surface area contributed by atoms with E-state index in [-0.39, 0.29) is 23.9 Å². The second-order valence-electron chi connectivity index (χ2n) is 6.67. The van der Waals surface area contributed by atoms with E-state index in [1.807, 2.05) is 30.3 Å².